The molecule has 31 heavy (non-hydrogen) atoms. The number of carbonyl (C=O) groups is 4. The summed E-state index contributed by atoms with van der Waals surface area (Å²) in [5.74, 6) is -11.0. The zero-order valence-corrected chi connectivity index (χ0v) is 17.1. The summed E-state index contributed by atoms with van der Waals surface area (Å²) in [5, 5.41) is 42.4. The van der Waals surface area contributed by atoms with Crippen LogP contribution in [0.25, 0.3) is 0 Å². The molecule has 3 aliphatic rings. The van der Waals surface area contributed by atoms with E-state index in [1.807, 2.05) is 0 Å². The Hall–Kier alpha value is -2.93. The molecule has 3 aliphatic carbocycles. The number of Topliss-reactive ketones (excluding diaryl/α,β-unsaturated/α-hetero) is 4. The highest BCUT2D eigenvalue weighted by atomic mass is 16.3. The fourth-order valence-electron chi connectivity index (χ4n) is 5.80. The molecule has 9 nitrogen and oxygen atoms in total. The van der Waals surface area contributed by atoms with Crippen LogP contribution < -0.4 is 0 Å². The molecule has 4 rings (SSSR count). The molecular weight excluding hydrogens is 404 g/mol. The van der Waals surface area contributed by atoms with Crippen molar-refractivity contribution in [3.8, 4) is 11.8 Å². The molecule has 2 fully saturated rings. The second kappa shape index (κ2) is 6.79. The first-order valence-electron chi connectivity index (χ1n) is 9.95. The van der Waals surface area contributed by atoms with Gasteiger partial charge in [0, 0.05) is 5.92 Å². The number of rotatable bonds is 1. The Morgan fingerprint density at radius 1 is 1.13 bits per heavy atom. The number of aromatic hydroxyl groups is 1. The average Bonchev–Trinajstić information content (AvgIpc) is 2.71. The quantitative estimate of drug-likeness (QED) is 0.501. The Kier molecular flexibility index (Phi) is 4.66. The highest BCUT2D eigenvalue weighted by Crippen LogP contribution is 2.54. The Labute approximate surface area is 177 Å². The van der Waals surface area contributed by atoms with Crippen LogP contribution in [0.3, 0.4) is 0 Å². The largest absolute Gasteiger partial charge is 0.507 e. The number of likely N-dealkylation sites (N-methyl/N-ethyl adjacent to an activating group) is 1. The Morgan fingerprint density at radius 3 is 2.35 bits per heavy atom. The van der Waals surface area contributed by atoms with Crippen molar-refractivity contribution in [3.05, 3.63) is 29.3 Å². The third-order valence-electron chi connectivity index (χ3n) is 7.20. The molecule has 0 amide bonds. The molecule has 8 atom stereocenters. The van der Waals surface area contributed by atoms with Crippen molar-refractivity contribution in [2.75, 3.05) is 14.1 Å². The van der Waals surface area contributed by atoms with Crippen LogP contribution in [0, 0.1) is 35.0 Å². The second-order valence-electron chi connectivity index (χ2n) is 8.83. The molecule has 0 aliphatic heterocycles. The van der Waals surface area contributed by atoms with Gasteiger partial charge in [0.2, 0.25) is 0 Å². The van der Waals surface area contributed by atoms with E-state index in [-0.39, 0.29) is 11.3 Å². The van der Waals surface area contributed by atoms with Crippen molar-refractivity contribution in [2.45, 2.75) is 30.6 Å². The van der Waals surface area contributed by atoms with Crippen LogP contribution in [0.5, 0.6) is 5.75 Å². The van der Waals surface area contributed by atoms with Gasteiger partial charge in [-0.15, -0.1) is 0 Å². The predicted octanol–water partition coefficient (Wildman–Crippen LogP) is -0.563. The van der Waals surface area contributed by atoms with E-state index in [9.17, 15) is 39.8 Å². The third kappa shape index (κ3) is 2.47. The lowest BCUT2D eigenvalue weighted by atomic mass is 9.49. The Balaban J connectivity index is 1.96. The maximum Gasteiger partial charge on any atom is 0.197 e. The maximum absolute atomic E-state index is 13.6. The number of fused-ring (bicyclic) bond motifs is 3. The molecule has 2 unspecified atom stereocenters. The van der Waals surface area contributed by atoms with Crippen molar-refractivity contribution in [1.29, 1.82) is 5.26 Å². The van der Waals surface area contributed by atoms with Crippen LogP contribution in [-0.4, -0.2) is 75.2 Å². The fraction of sp³-hybridized carbons (Fsp3) is 0.500. The molecule has 162 valence electrons. The number of nitriles is 1. The molecule has 0 radical (unpaired) electrons. The third-order valence-corrected chi connectivity index (χ3v) is 7.20. The zero-order chi connectivity index (χ0) is 23.0. The number of hydrogen-bond acceptors (Lipinski definition) is 9. The first kappa shape index (κ1) is 21.3. The number of carbonyl (C=O) groups excluding carboxylic acids is 4. The molecule has 1 aromatic carbocycles. The van der Waals surface area contributed by atoms with Gasteiger partial charge >= 0.3 is 0 Å². The number of aliphatic hydroxyl groups excluding tert-OH is 1. The van der Waals surface area contributed by atoms with E-state index < -0.39 is 70.5 Å². The van der Waals surface area contributed by atoms with Gasteiger partial charge in [0.25, 0.3) is 0 Å². The summed E-state index contributed by atoms with van der Waals surface area (Å²) in [6.07, 6.45) is -1.57. The molecule has 0 heterocycles. The number of phenolic OH excluding ortho intramolecular Hbond substituents is 1. The lowest BCUT2D eigenvalue weighted by Crippen LogP contribution is -2.76. The normalized spacial score (nSPS) is 39.6. The number of nitrogens with zero attached hydrogens (tertiary/aromatic N) is 2. The monoisotopic (exact) mass is 426 g/mol. The van der Waals surface area contributed by atoms with Gasteiger partial charge in [0.05, 0.1) is 35.6 Å². The summed E-state index contributed by atoms with van der Waals surface area (Å²) in [7, 11) is 2.97. The number of ketones is 4. The summed E-state index contributed by atoms with van der Waals surface area (Å²) < 4.78 is 0. The van der Waals surface area contributed by atoms with E-state index in [0.29, 0.717) is 5.56 Å². The van der Waals surface area contributed by atoms with Gasteiger partial charge in [0.1, 0.15) is 5.75 Å². The van der Waals surface area contributed by atoms with E-state index in [2.05, 4.69) is 0 Å². The number of benzene rings is 1. The van der Waals surface area contributed by atoms with Crippen LogP contribution in [0.2, 0.25) is 0 Å². The summed E-state index contributed by atoms with van der Waals surface area (Å²) in [6.45, 7) is 1.68. The minimum atomic E-state index is -2.87. The van der Waals surface area contributed by atoms with E-state index in [4.69, 9.17) is 0 Å². The van der Waals surface area contributed by atoms with Crippen molar-refractivity contribution < 1.29 is 34.5 Å². The molecule has 3 N–H and O–H groups in total. The first-order chi connectivity index (χ1) is 14.5. The number of phenols is 1. The minimum absolute atomic E-state index is 0.0841. The maximum atomic E-state index is 13.6. The van der Waals surface area contributed by atoms with Crippen LogP contribution >= 0.6 is 0 Å². The standard InChI is InChI=1S/C22H22N2O7/c1-8-9-5-4-6-11(25)13(9)18(27)14-12(8)19(28)15-16(24(2)3)17(26)10(7-23)20(29)22(15,31)21(14)30/h4-6,8,10,12,14-16,19,25,28,31H,1-3H3/t8-,10?,12+,14?,15+,16-,19-,22+/m0/s1. The Morgan fingerprint density at radius 2 is 1.77 bits per heavy atom. The first-order valence-corrected chi connectivity index (χ1v) is 9.95. The number of hydrogen-bond donors (Lipinski definition) is 3. The van der Waals surface area contributed by atoms with Gasteiger partial charge in [-0.2, -0.15) is 5.26 Å². The molecule has 1 aromatic rings. The zero-order valence-electron chi connectivity index (χ0n) is 17.1. The molecular formula is C22H22N2O7. The van der Waals surface area contributed by atoms with Crippen LogP contribution in [0.15, 0.2) is 18.2 Å². The van der Waals surface area contributed by atoms with Crippen molar-refractivity contribution in [3.63, 3.8) is 0 Å². The van der Waals surface area contributed by atoms with E-state index in [1.54, 1.807) is 25.1 Å². The lowest BCUT2D eigenvalue weighted by molar-refractivity contribution is -0.195. The molecule has 0 saturated heterocycles. The Bertz CT molecular complexity index is 1070. The lowest BCUT2D eigenvalue weighted by Gasteiger charge is -2.55. The van der Waals surface area contributed by atoms with E-state index >= 15 is 0 Å². The predicted molar refractivity (Wildman–Crippen MR) is 104 cm³/mol. The molecule has 0 aromatic heterocycles. The van der Waals surface area contributed by atoms with Gasteiger partial charge in [-0.1, -0.05) is 19.1 Å². The summed E-state index contributed by atoms with van der Waals surface area (Å²) >= 11 is 0. The van der Waals surface area contributed by atoms with Crippen molar-refractivity contribution in [1.82, 2.24) is 4.90 Å². The van der Waals surface area contributed by atoms with Gasteiger partial charge < -0.3 is 15.3 Å². The van der Waals surface area contributed by atoms with Crippen LogP contribution in [-0.2, 0) is 14.4 Å². The summed E-state index contributed by atoms with van der Waals surface area (Å²) in [4.78, 5) is 54.1. The smallest absolute Gasteiger partial charge is 0.197 e. The van der Waals surface area contributed by atoms with E-state index in [0.717, 1.165) is 0 Å². The summed E-state index contributed by atoms with van der Waals surface area (Å²) in [5.41, 5.74) is -2.52. The molecule has 0 spiro atoms. The second-order valence-corrected chi connectivity index (χ2v) is 8.83. The number of aliphatic hydroxyl groups is 2. The summed E-state index contributed by atoms with van der Waals surface area (Å²) in [6, 6.07) is 4.72. The SMILES string of the molecule is C[C@H]1c2cccc(O)c2C(=O)C2C(=O)[C@]3(O)C(=O)C(C#N)C(=O)[C@@H](N(C)C)[C@@H]3[C@@H](O)[C@@H]21. The molecule has 9 heteroatoms. The minimum Gasteiger partial charge on any atom is -0.507 e. The van der Waals surface area contributed by atoms with Gasteiger partial charge in [-0.3, -0.25) is 24.1 Å². The van der Waals surface area contributed by atoms with Gasteiger partial charge in [0.15, 0.2) is 34.7 Å². The topological polar surface area (TPSA) is 156 Å². The molecule has 0 bridgehead atoms. The van der Waals surface area contributed by atoms with Gasteiger partial charge in [-0.05, 0) is 31.6 Å². The van der Waals surface area contributed by atoms with Gasteiger partial charge in [-0.25, -0.2) is 0 Å². The average molecular weight is 426 g/mol. The highest BCUT2D eigenvalue weighted by Gasteiger charge is 2.72. The van der Waals surface area contributed by atoms with Crippen LogP contribution in [0.1, 0.15) is 28.8 Å². The van der Waals surface area contributed by atoms with Crippen LogP contribution in [0.4, 0.5) is 0 Å². The highest BCUT2D eigenvalue weighted by molar-refractivity contribution is 6.28. The molecule has 2 saturated carbocycles. The van der Waals surface area contributed by atoms with Crippen molar-refractivity contribution >= 4 is 23.1 Å². The van der Waals surface area contributed by atoms with Crippen molar-refractivity contribution in [2.24, 2.45) is 23.7 Å². The van der Waals surface area contributed by atoms with E-state index in [1.165, 1.54) is 25.1 Å². The fourth-order valence-corrected chi connectivity index (χ4v) is 5.80.